The monoisotopic (exact) mass is 204 g/mol. The van der Waals surface area contributed by atoms with Crippen LogP contribution in [0.25, 0.3) is 5.57 Å². The molecule has 1 fully saturated rings. The molecule has 2 atom stereocenters. The molecule has 0 aromatic carbocycles. The normalized spacial score (nSPS) is 29.3. The molecule has 0 unspecified atom stereocenters. The predicted octanol–water partition coefficient (Wildman–Crippen LogP) is 1.91. The molecule has 0 saturated carbocycles. The van der Waals surface area contributed by atoms with Gasteiger partial charge in [0.2, 0.25) is 0 Å². The van der Waals surface area contributed by atoms with Gasteiger partial charge in [-0.3, -0.25) is 0 Å². The van der Waals surface area contributed by atoms with Gasteiger partial charge >= 0.3 is 0 Å². The van der Waals surface area contributed by atoms with Crippen LogP contribution in [0.15, 0.2) is 10.6 Å². The molecule has 2 heterocycles. The first-order valence-electron chi connectivity index (χ1n) is 5.60. The molecular weight excluding hydrogens is 188 g/mol. The first-order chi connectivity index (χ1) is 7.25. The number of allylic oxidation sites excluding steroid dienone is 1. The van der Waals surface area contributed by atoms with Gasteiger partial charge < -0.3 is 9.84 Å². The topological polar surface area (TPSA) is 38.1 Å². The number of nitrogens with zero attached hydrogens (tertiary/aromatic N) is 1. The summed E-state index contributed by atoms with van der Waals surface area (Å²) in [6.07, 6.45) is 3.60. The highest BCUT2D eigenvalue weighted by Gasteiger charge is 2.33. The molecule has 1 saturated heterocycles. The van der Waals surface area contributed by atoms with Crippen molar-refractivity contribution in [2.75, 3.05) is 13.1 Å². The number of aryl methyl sites for hydroxylation is 2. The van der Waals surface area contributed by atoms with E-state index in [1.54, 1.807) is 0 Å². The molecular formula is C12H16N2O. The van der Waals surface area contributed by atoms with Crippen LogP contribution >= 0.6 is 0 Å². The largest absolute Gasteiger partial charge is 0.361 e. The standard InChI is InChI=1S/C12H16N2O/c1-7-12(8(2)15-14-7)9-3-10-5-13-6-11(10)4-9/h3,10-11,13H,4-6H2,1-2H3/t10-,11+/m0/s1. The van der Waals surface area contributed by atoms with E-state index in [-0.39, 0.29) is 0 Å². The van der Waals surface area contributed by atoms with E-state index >= 15 is 0 Å². The Bertz CT molecular complexity index is 400. The summed E-state index contributed by atoms with van der Waals surface area (Å²) in [6, 6.07) is 0. The second kappa shape index (κ2) is 3.20. The van der Waals surface area contributed by atoms with E-state index < -0.39 is 0 Å². The Kier molecular flexibility index (Phi) is 1.96. The fourth-order valence-corrected chi connectivity index (χ4v) is 2.91. The van der Waals surface area contributed by atoms with Crippen molar-refractivity contribution in [2.24, 2.45) is 11.8 Å². The van der Waals surface area contributed by atoms with Crippen molar-refractivity contribution in [1.29, 1.82) is 0 Å². The Morgan fingerprint density at radius 3 is 2.93 bits per heavy atom. The number of rotatable bonds is 1. The number of hydrogen-bond donors (Lipinski definition) is 1. The van der Waals surface area contributed by atoms with Crippen molar-refractivity contribution >= 4 is 5.57 Å². The number of aromatic nitrogens is 1. The molecule has 1 N–H and O–H groups in total. The summed E-state index contributed by atoms with van der Waals surface area (Å²) in [5.74, 6) is 2.49. The molecule has 0 bridgehead atoms. The molecule has 0 spiro atoms. The highest BCUT2D eigenvalue weighted by molar-refractivity contribution is 5.71. The number of fused-ring (bicyclic) bond motifs is 1. The quantitative estimate of drug-likeness (QED) is 0.759. The third kappa shape index (κ3) is 1.34. The zero-order valence-electron chi connectivity index (χ0n) is 9.21. The molecule has 3 rings (SSSR count). The lowest BCUT2D eigenvalue weighted by Crippen LogP contribution is -2.09. The van der Waals surface area contributed by atoms with Crippen LogP contribution in [0.5, 0.6) is 0 Å². The maximum absolute atomic E-state index is 5.22. The van der Waals surface area contributed by atoms with Gasteiger partial charge in [0.15, 0.2) is 0 Å². The average Bonchev–Trinajstić information content (AvgIpc) is 2.80. The Labute approximate surface area is 89.5 Å². The lowest BCUT2D eigenvalue weighted by atomic mass is 9.98. The SMILES string of the molecule is Cc1noc(C)c1C1=C[C@H]2CNC[C@H]2C1. The molecule has 1 aromatic rings. The lowest BCUT2D eigenvalue weighted by Gasteiger charge is -2.05. The molecule has 1 aliphatic carbocycles. The van der Waals surface area contributed by atoms with Crippen molar-refractivity contribution in [1.82, 2.24) is 10.5 Å². The molecule has 15 heavy (non-hydrogen) atoms. The molecule has 3 heteroatoms. The second-order valence-electron chi connectivity index (χ2n) is 4.68. The Balaban J connectivity index is 1.96. The summed E-state index contributed by atoms with van der Waals surface area (Å²) < 4.78 is 5.22. The first kappa shape index (κ1) is 9.16. The molecule has 1 aromatic heterocycles. The predicted molar refractivity (Wildman–Crippen MR) is 58.4 cm³/mol. The molecule has 0 amide bonds. The Hall–Kier alpha value is -1.09. The molecule has 1 aliphatic heterocycles. The van der Waals surface area contributed by atoms with E-state index in [2.05, 4.69) is 16.5 Å². The maximum atomic E-state index is 5.22. The maximum Gasteiger partial charge on any atom is 0.141 e. The minimum absolute atomic E-state index is 0.730. The van der Waals surface area contributed by atoms with Gasteiger partial charge in [-0.15, -0.1) is 0 Å². The third-order valence-corrected chi connectivity index (χ3v) is 3.64. The van der Waals surface area contributed by atoms with E-state index in [0.717, 1.165) is 36.4 Å². The lowest BCUT2D eigenvalue weighted by molar-refractivity contribution is 0.393. The summed E-state index contributed by atoms with van der Waals surface area (Å²) in [5.41, 5.74) is 3.74. The van der Waals surface area contributed by atoms with Crippen LogP contribution in [0, 0.1) is 25.7 Å². The van der Waals surface area contributed by atoms with Crippen LogP contribution in [-0.4, -0.2) is 18.2 Å². The second-order valence-corrected chi connectivity index (χ2v) is 4.68. The van der Waals surface area contributed by atoms with E-state index in [1.165, 1.54) is 17.6 Å². The zero-order valence-corrected chi connectivity index (χ0v) is 9.21. The van der Waals surface area contributed by atoms with E-state index in [1.807, 2.05) is 13.8 Å². The van der Waals surface area contributed by atoms with Gasteiger partial charge in [0.1, 0.15) is 5.76 Å². The first-order valence-corrected chi connectivity index (χ1v) is 5.60. The van der Waals surface area contributed by atoms with Gasteiger partial charge in [-0.1, -0.05) is 11.2 Å². The van der Waals surface area contributed by atoms with E-state index in [4.69, 9.17) is 4.52 Å². The van der Waals surface area contributed by atoms with Crippen molar-refractivity contribution in [3.63, 3.8) is 0 Å². The van der Waals surface area contributed by atoms with Crippen molar-refractivity contribution in [3.05, 3.63) is 23.1 Å². The molecule has 0 radical (unpaired) electrons. The third-order valence-electron chi connectivity index (χ3n) is 3.64. The van der Waals surface area contributed by atoms with Crippen molar-refractivity contribution in [3.8, 4) is 0 Å². The van der Waals surface area contributed by atoms with Crippen molar-refractivity contribution in [2.45, 2.75) is 20.3 Å². The Morgan fingerprint density at radius 1 is 1.40 bits per heavy atom. The van der Waals surface area contributed by atoms with Crippen LogP contribution in [-0.2, 0) is 0 Å². The number of hydrogen-bond acceptors (Lipinski definition) is 3. The molecule has 3 nitrogen and oxygen atoms in total. The van der Waals surface area contributed by atoms with Gasteiger partial charge in [0.05, 0.1) is 5.69 Å². The van der Waals surface area contributed by atoms with Crippen LogP contribution in [0.3, 0.4) is 0 Å². The summed E-state index contributed by atoms with van der Waals surface area (Å²) >= 11 is 0. The van der Waals surface area contributed by atoms with Crippen LogP contribution in [0.4, 0.5) is 0 Å². The summed E-state index contributed by atoms with van der Waals surface area (Å²) in [7, 11) is 0. The van der Waals surface area contributed by atoms with Crippen LogP contribution < -0.4 is 5.32 Å². The van der Waals surface area contributed by atoms with Gasteiger partial charge in [-0.05, 0) is 44.2 Å². The van der Waals surface area contributed by atoms with Crippen molar-refractivity contribution < 1.29 is 4.52 Å². The van der Waals surface area contributed by atoms with Crippen LogP contribution in [0.2, 0.25) is 0 Å². The molecule has 2 aliphatic rings. The fourth-order valence-electron chi connectivity index (χ4n) is 2.91. The Morgan fingerprint density at radius 2 is 2.27 bits per heavy atom. The summed E-state index contributed by atoms with van der Waals surface area (Å²) in [4.78, 5) is 0. The van der Waals surface area contributed by atoms with Crippen LogP contribution in [0.1, 0.15) is 23.4 Å². The van der Waals surface area contributed by atoms with Gasteiger partial charge in [0, 0.05) is 12.1 Å². The molecule has 80 valence electrons. The minimum Gasteiger partial charge on any atom is -0.361 e. The average molecular weight is 204 g/mol. The number of nitrogens with one attached hydrogen (secondary N) is 1. The highest BCUT2D eigenvalue weighted by Crippen LogP contribution is 2.40. The highest BCUT2D eigenvalue weighted by atomic mass is 16.5. The van der Waals surface area contributed by atoms with Gasteiger partial charge in [0.25, 0.3) is 0 Å². The fraction of sp³-hybridized carbons (Fsp3) is 0.583. The zero-order chi connectivity index (χ0) is 10.4. The van der Waals surface area contributed by atoms with Gasteiger partial charge in [-0.25, -0.2) is 0 Å². The summed E-state index contributed by atoms with van der Waals surface area (Å²) in [5, 5.41) is 7.46. The van der Waals surface area contributed by atoms with Gasteiger partial charge in [-0.2, -0.15) is 0 Å². The minimum atomic E-state index is 0.730. The smallest absolute Gasteiger partial charge is 0.141 e. The van der Waals surface area contributed by atoms with E-state index in [0.29, 0.717) is 0 Å². The van der Waals surface area contributed by atoms with E-state index in [9.17, 15) is 0 Å². The summed E-state index contributed by atoms with van der Waals surface area (Å²) in [6.45, 7) is 6.33.